The quantitative estimate of drug-likeness (QED) is 0.767. The highest BCUT2D eigenvalue weighted by molar-refractivity contribution is 7.89. The highest BCUT2D eigenvalue weighted by Crippen LogP contribution is 2.28. The summed E-state index contributed by atoms with van der Waals surface area (Å²) in [5, 5.41) is 5.45. The van der Waals surface area contributed by atoms with Gasteiger partial charge in [-0.1, -0.05) is 23.7 Å². The Hall–Kier alpha value is -2.33. The van der Waals surface area contributed by atoms with E-state index in [0.29, 0.717) is 24.7 Å². The summed E-state index contributed by atoms with van der Waals surface area (Å²) in [6, 6.07) is 10.5. The number of nitrogens with zero attached hydrogens (tertiary/aromatic N) is 1. The number of ether oxygens (including phenoxy) is 2. The van der Waals surface area contributed by atoms with Crippen molar-refractivity contribution in [3.05, 3.63) is 47.5 Å². The van der Waals surface area contributed by atoms with Crippen LogP contribution in [0.25, 0.3) is 0 Å². The number of hydrogen-bond acceptors (Lipinski definition) is 5. The first-order chi connectivity index (χ1) is 13.4. The third-order valence-electron chi connectivity index (χ3n) is 4.15. The van der Waals surface area contributed by atoms with Crippen LogP contribution < -0.4 is 15.4 Å². The number of nitrogens with one attached hydrogen (secondary N) is 2. The van der Waals surface area contributed by atoms with E-state index >= 15 is 0 Å². The van der Waals surface area contributed by atoms with E-state index in [4.69, 9.17) is 21.1 Å². The second-order valence-corrected chi connectivity index (χ2v) is 8.28. The van der Waals surface area contributed by atoms with Crippen LogP contribution in [0.4, 0.5) is 16.2 Å². The summed E-state index contributed by atoms with van der Waals surface area (Å²) in [4.78, 5) is 12.4. The lowest BCUT2D eigenvalue weighted by Gasteiger charge is -2.26. The van der Waals surface area contributed by atoms with Gasteiger partial charge < -0.3 is 20.1 Å². The zero-order valence-electron chi connectivity index (χ0n) is 15.1. The highest BCUT2D eigenvalue weighted by Gasteiger charge is 2.27. The number of hydrogen-bond donors (Lipinski definition) is 2. The van der Waals surface area contributed by atoms with E-state index < -0.39 is 16.1 Å². The standard InChI is InChI=1S/C18H20ClN3O5S/c1-26-17-5-3-2-4-15(17)20-18(23)21-16-12-13(6-7-14(16)19)28(24,25)22-8-10-27-11-9-22/h2-7,12H,8-11H2,1H3,(H2,20,21,23). The van der Waals surface area contributed by atoms with E-state index in [0.717, 1.165) is 0 Å². The molecule has 1 saturated heterocycles. The Labute approximate surface area is 168 Å². The fourth-order valence-electron chi connectivity index (χ4n) is 2.72. The molecule has 0 saturated carbocycles. The predicted molar refractivity (Wildman–Crippen MR) is 107 cm³/mol. The lowest BCUT2D eigenvalue weighted by Crippen LogP contribution is -2.40. The smallest absolute Gasteiger partial charge is 0.323 e. The van der Waals surface area contributed by atoms with Gasteiger partial charge in [0.05, 0.1) is 41.6 Å². The summed E-state index contributed by atoms with van der Waals surface area (Å²) < 4.78 is 37.3. The van der Waals surface area contributed by atoms with Gasteiger partial charge in [0.2, 0.25) is 10.0 Å². The molecule has 2 aromatic carbocycles. The first-order valence-electron chi connectivity index (χ1n) is 8.50. The van der Waals surface area contributed by atoms with E-state index in [9.17, 15) is 13.2 Å². The molecule has 0 aromatic heterocycles. The van der Waals surface area contributed by atoms with E-state index in [2.05, 4.69) is 10.6 Å². The third-order valence-corrected chi connectivity index (χ3v) is 6.37. The van der Waals surface area contributed by atoms with Gasteiger partial charge in [0, 0.05) is 13.1 Å². The maximum absolute atomic E-state index is 12.8. The van der Waals surface area contributed by atoms with E-state index in [1.54, 1.807) is 24.3 Å². The molecule has 1 heterocycles. The number of carbonyl (C=O) groups is 1. The Kier molecular flexibility index (Phi) is 6.40. The van der Waals surface area contributed by atoms with Crippen molar-refractivity contribution in [3.63, 3.8) is 0 Å². The summed E-state index contributed by atoms with van der Waals surface area (Å²) in [5.74, 6) is 0.493. The predicted octanol–water partition coefficient (Wildman–Crippen LogP) is 3.01. The van der Waals surface area contributed by atoms with Crippen molar-refractivity contribution in [1.29, 1.82) is 0 Å². The lowest BCUT2D eigenvalue weighted by atomic mass is 10.3. The maximum atomic E-state index is 12.8. The van der Waals surface area contributed by atoms with Crippen LogP contribution in [0, 0.1) is 0 Å². The van der Waals surface area contributed by atoms with Crippen molar-refractivity contribution in [2.75, 3.05) is 44.0 Å². The lowest BCUT2D eigenvalue weighted by molar-refractivity contribution is 0.0730. The molecule has 10 heteroatoms. The van der Waals surface area contributed by atoms with Crippen molar-refractivity contribution >= 4 is 39.0 Å². The number of benzene rings is 2. The Bertz CT molecular complexity index is 961. The number of para-hydroxylation sites is 2. The SMILES string of the molecule is COc1ccccc1NC(=O)Nc1cc(S(=O)(=O)N2CCOCC2)ccc1Cl. The second-order valence-electron chi connectivity index (χ2n) is 5.94. The topological polar surface area (TPSA) is 97.0 Å². The molecule has 1 fully saturated rings. The van der Waals surface area contributed by atoms with Gasteiger partial charge in [-0.2, -0.15) is 4.31 Å². The van der Waals surface area contributed by atoms with Crippen LogP contribution in [-0.2, 0) is 14.8 Å². The molecule has 28 heavy (non-hydrogen) atoms. The number of carbonyl (C=O) groups excluding carboxylic acids is 1. The number of rotatable bonds is 5. The molecular formula is C18H20ClN3O5S. The molecule has 0 spiro atoms. The van der Waals surface area contributed by atoms with Gasteiger partial charge in [0.25, 0.3) is 0 Å². The molecule has 3 rings (SSSR count). The summed E-state index contributed by atoms with van der Waals surface area (Å²) in [6.45, 7) is 1.25. The van der Waals surface area contributed by atoms with Gasteiger partial charge in [-0.05, 0) is 30.3 Å². The molecule has 8 nitrogen and oxygen atoms in total. The first-order valence-corrected chi connectivity index (χ1v) is 10.3. The van der Waals surface area contributed by atoms with Crippen molar-refractivity contribution in [2.45, 2.75) is 4.90 Å². The second kappa shape index (κ2) is 8.78. The highest BCUT2D eigenvalue weighted by atomic mass is 35.5. The van der Waals surface area contributed by atoms with Gasteiger partial charge in [-0.3, -0.25) is 0 Å². The minimum absolute atomic E-state index is 0.0476. The number of anilines is 2. The van der Waals surface area contributed by atoms with Crippen LogP contribution in [-0.4, -0.2) is 52.2 Å². The Morgan fingerprint density at radius 2 is 1.79 bits per heavy atom. The Balaban J connectivity index is 1.79. The zero-order chi connectivity index (χ0) is 20.1. The monoisotopic (exact) mass is 425 g/mol. The molecule has 0 radical (unpaired) electrons. The molecule has 2 amide bonds. The molecular weight excluding hydrogens is 406 g/mol. The van der Waals surface area contributed by atoms with E-state index in [1.165, 1.54) is 29.6 Å². The third kappa shape index (κ3) is 4.56. The summed E-state index contributed by atoms with van der Waals surface area (Å²) in [6.07, 6.45) is 0. The molecule has 0 bridgehead atoms. The molecule has 0 aliphatic carbocycles. The maximum Gasteiger partial charge on any atom is 0.323 e. The molecule has 0 atom stereocenters. The van der Waals surface area contributed by atoms with Gasteiger partial charge in [-0.15, -0.1) is 0 Å². The Morgan fingerprint density at radius 3 is 2.50 bits per heavy atom. The first kappa shape index (κ1) is 20.4. The van der Waals surface area contributed by atoms with E-state index in [-0.39, 0.29) is 28.7 Å². The zero-order valence-corrected chi connectivity index (χ0v) is 16.7. The van der Waals surface area contributed by atoms with Crippen LogP contribution in [0.1, 0.15) is 0 Å². The number of halogens is 1. The number of morpholine rings is 1. The van der Waals surface area contributed by atoms with Crippen molar-refractivity contribution in [2.24, 2.45) is 0 Å². The molecule has 2 aromatic rings. The molecule has 1 aliphatic heterocycles. The largest absolute Gasteiger partial charge is 0.495 e. The van der Waals surface area contributed by atoms with Gasteiger partial charge >= 0.3 is 6.03 Å². The average molecular weight is 426 g/mol. The average Bonchev–Trinajstić information content (AvgIpc) is 2.70. The van der Waals surface area contributed by atoms with Crippen molar-refractivity contribution in [1.82, 2.24) is 4.31 Å². The fraction of sp³-hybridized carbons (Fsp3) is 0.278. The van der Waals surface area contributed by atoms with Crippen LogP contribution in [0.15, 0.2) is 47.4 Å². The summed E-state index contributed by atoms with van der Waals surface area (Å²) >= 11 is 6.14. The van der Waals surface area contributed by atoms with Crippen molar-refractivity contribution < 1.29 is 22.7 Å². The van der Waals surface area contributed by atoms with Crippen LogP contribution >= 0.6 is 11.6 Å². The molecule has 1 aliphatic rings. The van der Waals surface area contributed by atoms with Crippen molar-refractivity contribution in [3.8, 4) is 5.75 Å². The number of sulfonamides is 1. The number of urea groups is 1. The van der Waals surface area contributed by atoms with Crippen LogP contribution in [0.2, 0.25) is 5.02 Å². The Morgan fingerprint density at radius 1 is 1.11 bits per heavy atom. The van der Waals surface area contributed by atoms with Gasteiger partial charge in [-0.25, -0.2) is 13.2 Å². The number of amides is 2. The molecule has 0 unspecified atom stereocenters. The fourth-order valence-corrected chi connectivity index (χ4v) is 4.32. The number of methoxy groups -OCH3 is 1. The normalized spacial score (nSPS) is 15.1. The van der Waals surface area contributed by atoms with Gasteiger partial charge in [0.1, 0.15) is 5.75 Å². The molecule has 2 N–H and O–H groups in total. The van der Waals surface area contributed by atoms with Crippen LogP contribution in [0.3, 0.4) is 0 Å². The van der Waals surface area contributed by atoms with Gasteiger partial charge in [0.15, 0.2) is 0 Å². The minimum atomic E-state index is -3.70. The van der Waals surface area contributed by atoms with E-state index in [1.807, 2.05) is 0 Å². The summed E-state index contributed by atoms with van der Waals surface area (Å²) in [7, 11) is -2.21. The minimum Gasteiger partial charge on any atom is -0.495 e. The summed E-state index contributed by atoms with van der Waals surface area (Å²) in [5.41, 5.74) is 0.652. The van der Waals surface area contributed by atoms with Crippen LogP contribution in [0.5, 0.6) is 5.75 Å². The molecule has 150 valence electrons.